The van der Waals surface area contributed by atoms with Gasteiger partial charge in [0, 0.05) is 7.05 Å². The molecular formula is C11H21N3. The maximum Gasteiger partial charge on any atom is 0.0859 e. The summed E-state index contributed by atoms with van der Waals surface area (Å²) in [5, 5.41) is 8.31. The molecule has 0 bridgehead atoms. The molecule has 1 aromatic rings. The van der Waals surface area contributed by atoms with E-state index in [9.17, 15) is 0 Å². The Bertz CT molecular complexity index is 276. The van der Waals surface area contributed by atoms with Crippen LogP contribution in [0, 0.1) is 5.92 Å². The van der Waals surface area contributed by atoms with Crippen LogP contribution in [0.4, 0.5) is 0 Å². The van der Waals surface area contributed by atoms with E-state index in [1.165, 1.54) is 24.2 Å². The summed E-state index contributed by atoms with van der Waals surface area (Å²) in [6.45, 7) is 6.67. The first-order chi connectivity index (χ1) is 6.65. The average Bonchev–Trinajstić information content (AvgIpc) is 2.45. The fraction of sp³-hybridized carbons (Fsp3) is 0.818. The average molecular weight is 195 g/mol. The summed E-state index contributed by atoms with van der Waals surface area (Å²) in [5.41, 5.74) is 2.51. The molecule has 1 rings (SSSR count). The number of nitrogens with zero attached hydrogens (tertiary/aromatic N) is 3. The van der Waals surface area contributed by atoms with Crippen LogP contribution in [0.25, 0.3) is 0 Å². The molecule has 0 aliphatic carbocycles. The lowest BCUT2D eigenvalue weighted by Gasteiger charge is -2.06. The maximum atomic E-state index is 4.22. The Morgan fingerprint density at radius 1 is 1.36 bits per heavy atom. The van der Waals surface area contributed by atoms with E-state index in [2.05, 4.69) is 31.1 Å². The van der Waals surface area contributed by atoms with Gasteiger partial charge in [0.25, 0.3) is 0 Å². The van der Waals surface area contributed by atoms with Gasteiger partial charge in [-0.3, -0.25) is 4.68 Å². The Hall–Kier alpha value is -0.860. The highest BCUT2D eigenvalue weighted by Gasteiger charge is 2.11. The second-order valence-electron chi connectivity index (χ2n) is 4.31. The van der Waals surface area contributed by atoms with E-state index in [1.54, 1.807) is 0 Å². The van der Waals surface area contributed by atoms with E-state index < -0.39 is 0 Å². The molecule has 1 heterocycles. The molecule has 0 atom stereocenters. The van der Waals surface area contributed by atoms with Crippen molar-refractivity contribution in [1.82, 2.24) is 15.0 Å². The summed E-state index contributed by atoms with van der Waals surface area (Å²) in [6.07, 6.45) is 4.59. The van der Waals surface area contributed by atoms with Gasteiger partial charge in [0.2, 0.25) is 0 Å². The van der Waals surface area contributed by atoms with Gasteiger partial charge in [0.15, 0.2) is 0 Å². The first-order valence-electron chi connectivity index (χ1n) is 5.52. The fourth-order valence-electron chi connectivity index (χ4n) is 1.59. The molecule has 0 saturated carbocycles. The monoisotopic (exact) mass is 195 g/mol. The Morgan fingerprint density at radius 3 is 2.64 bits per heavy atom. The summed E-state index contributed by atoms with van der Waals surface area (Å²) in [6, 6.07) is 0. The van der Waals surface area contributed by atoms with Crippen LogP contribution in [0.2, 0.25) is 0 Å². The van der Waals surface area contributed by atoms with E-state index in [-0.39, 0.29) is 0 Å². The van der Waals surface area contributed by atoms with Gasteiger partial charge in [-0.2, -0.15) is 0 Å². The standard InChI is InChI=1S/C11H21N3/c1-5-6-7-10-11(8-9(2)3)14(4)13-12-10/h9H,5-8H2,1-4H3. The predicted octanol–water partition coefficient (Wildman–Crippen LogP) is 2.36. The SMILES string of the molecule is CCCCc1nnn(C)c1CC(C)C. The molecule has 14 heavy (non-hydrogen) atoms. The minimum atomic E-state index is 0.674. The van der Waals surface area contributed by atoms with Gasteiger partial charge in [-0.25, -0.2) is 0 Å². The number of hydrogen-bond acceptors (Lipinski definition) is 2. The van der Waals surface area contributed by atoms with Crippen LogP contribution in [0.1, 0.15) is 45.0 Å². The zero-order chi connectivity index (χ0) is 10.6. The van der Waals surface area contributed by atoms with Crippen molar-refractivity contribution in [3.05, 3.63) is 11.4 Å². The summed E-state index contributed by atoms with van der Waals surface area (Å²) in [4.78, 5) is 0. The van der Waals surface area contributed by atoms with Crippen molar-refractivity contribution in [1.29, 1.82) is 0 Å². The lowest BCUT2D eigenvalue weighted by molar-refractivity contribution is 0.587. The molecule has 0 saturated heterocycles. The Labute approximate surface area is 86.5 Å². The molecule has 0 aromatic carbocycles. The highest BCUT2D eigenvalue weighted by molar-refractivity contribution is 5.10. The second-order valence-corrected chi connectivity index (χ2v) is 4.31. The molecule has 0 aliphatic heterocycles. The Balaban J connectivity index is 2.72. The summed E-state index contributed by atoms with van der Waals surface area (Å²) >= 11 is 0. The highest BCUT2D eigenvalue weighted by atomic mass is 15.4. The van der Waals surface area contributed by atoms with Crippen molar-refractivity contribution in [2.75, 3.05) is 0 Å². The number of unbranched alkanes of at least 4 members (excludes halogenated alkanes) is 1. The molecular weight excluding hydrogens is 174 g/mol. The van der Waals surface area contributed by atoms with Gasteiger partial charge in [-0.15, -0.1) is 5.10 Å². The molecule has 0 N–H and O–H groups in total. The van der Waals surface area contributed by atoms with Crippen LogP contribution in [0.15, 0.2) is 0 Å². The molecule has 0 unspecified atom stereocenters. The van der Waals surface area contributed by atoms with Gasteiger partial charge in [0.1, 0.15) is 0 Å². The molecule has 0 aliphatic rings. The van der Waals surface area contributed by atoms with Gasteiger partial charge in [0.05, 0.1) is 11.4 Å². The summed E-state index contributed by atoms with van der Waals surface area (Å²) < 4.78 is 1.92. The van der Waals surface area contributed by atoms with E-state index in [1.807, 2.05) is 11.7 Å². The lowest BCUT2D eigenvalue weighted by atomic mass is 10.0. The second kappa shape index (κ2) is 5.13. The Morgan fingerprint density at radius 2 is 2.07 bits per heavy atom. The smallest absolute Gasteiger partial charge is 0.0859 e. The first-order valence-corrected chi connectivity index (χ1v) is 5.52. The van der Waals surface area contributed by atoms with E-state index in [4.69, 9.17) is 0 Å². The van der Waals surface area contributed by atoms with E-state index >= 15 is 0 Å². The highest BCUT2D eigenvalue weighted by Crippen LogP contribution is 2.12. The third kappa shape index (κ3) is 2.82. The van der Waals surface area contributed by atoms with Crippen molar-refractivity contribution in [3.8, 4) is 0 Å². The first kappa shape index (κ1) is 11.2. The summed E-state index contributed by atoms with van der Waals surface area (Å²) in [5.74, 6) is 0.674. The van der Waals surface area contributed by atoms with Crippen LogP contribution in [0.3, 0.4) is 0 Å². The molecule has 0 radical (unpaired) electrons. The van der Waals surface area contributed by atoms with Crippen LogP contribution >= 0.6 is 0 Å². The number of hydrogen-bond donors (Lipinski definition) is 0. The van der Waals surface area contributed by atoms with Crippen molar-refractivity contribution in [2.45, 2.75) is 46.5 Å². The van der Waals surface area contributed by atoms with Gasteiger partial charge in [-0.1, -0.05) is 32.4 Å². The molecule has 0 fully saturated rings. The number of rotatable bonds is 5. The maximum absolute atomic E-state index is 4.22. The molecule has 1 aromatic heterocycles. The largest absolute Gasteiger partial charge is 0.252 e. The quantitative estimate of drug-likeness (QED) is 0.722. The van der Waals surface area contributed by atoms with Crippen molar-refractivity contribution in [3.63, 3.8) is 0 Å². The lowest BCUT2D eigenvalue weighted by Crippen LogP contribution is -2.05. The van der Waals surface area contributed by atoms with E-state index in [0.717, 1.165) is 12.8 Å². The molecule has 0 spiro atoms. The Kier molecular flexibility index (Phi) is 4.11. The van der Waals surface area contributed by atoms with E-state index in [0.29, 0.717) is 5.92 Å². The van der Waals surface area contributed by atoms with Gasteiger partial charge >= 0.3 is 0 Å². The van der Waals surface area contributed by atoms with Crippen LogP contribution in [-0.2, 0) is 19.9 Å². The molecule has 3 nitrogen and oxygen atoms in total. The summed E-state index contributed by atoms with van der Waals surface area (Å²) in [7, 11) is 1.99. The number of aryl methyl sites for hydroxylation is 2. The third-order valence-corrected chi connectivity index (χ3v) is 2.39. The minimum Gasteiger partial charge on any atom is -0.252 e. The zero-order valence-electron chi connectivity index (χ0n) is 9.75. The normalized spacial score (nSPS) is 11.2. The van der Waals surface area contributed by atoms with Crippen LogP contribution in [-0.4, -0.2) is 15.0 Å². The fourth-order valence-corrected chi connectivity index (χ4v) is 1.59. The van der Waals surface area contributed by atoms with Crippen LogP contribution < -0.4 is 0 Å². The molecule has 3 heteroatoms. The van der Waals surface area contributed by atoms with Crippen LogP contribution in [0.5, 0.6) is 0 Å². The predicted molar refractivity (Wildman–Crippen MR) is 58.2 cm³/mol. The molecule has 80 valence electrons. The van der Waals surface area contributed by atoms with Gasteiger partial charge < -0.3 is 0 Å². The zero-order valence-corrected chi connectivity index (χ0v) is 9.75. The van der Waals surface area contributed by atoms with Crippen molar-refractivity contribution >= 4 is 0 Å². The minimum absolute atomic E-state index is 0.674. The third-order valence-electron chi connectivity index (χ3n) is 2.39. The van der Waals surface area contributed by atoms with Crippen molar-refractivity contribution < 1.29 is 0 Å². The number of aromatic nitrogens is 3. The van der Waals surface area contributed by atoms with Crippen molar-refractivity contribution in [2.24, 2.45) is 13.0 Å². The molecule has 0 amide bonds. The van der Waals surface area contributed by atoms with Gasteiger partial charge in [-0.05, 0) is 25.2 Å². The topological polar surface area (TPSA) is 30.7 Å².